The van der Waals surface area contributed by atoms with Gasteiger partial charge >= 0.3 is 0 Å². The van der Waals surface area contributed by atoms with E-state index >= 15 is 0 Å². The topological polar surface area (TPSA) is 105 Å². The maximum absolute atomic E-state index is 13.5. The first kappa shape index (κ1) is 26.0. The van der Waals surface area contributed by atoms with Crippen molar-refractivity contribution < 1.29 is 17.7 Å². The van der Waals surface area contributed by atoms with Crippen molar-refractivity contribution in [3.8, 4) is 0 Å². The molecule has 1 heterocycles. The van der Waals surface area contributed by atoms with Crippen LogP contribution < -0.4 is 5.32 Å². The predicted molar refractivity (Wildman–Crippen MR) is 138 cm³/mol. The second-order valence-electron chi connectivity index (χ2n) is 9.78. The number of amides is 1. The second-order valence-corrected chi connectivity index (χ2v) is 11.7. The minimum atomic E-state index is -3.80. The summed E-state index contributed by atoms with van der Waals surface area (Å²) in [6.45, 7) is 5.69. The first-order valence-electron chi connectivity index (χ1n) is 12.5. The standard InChI is InChI=1S/C27H34N4O4S/c1-19(2)27-29-25(30-35-27)17-21-11-13-22(14-12-21)28-26(32)18-31(23-7-5-4-6-8-23)36(33,34)24-15-9-20(3)10-16-24/h9-16,19,23H,4-8,17-18H2,1-3H3,(H,28,32). The average Bonchev–Trinajstić information content (AvgIpc) is 3.33. The number of sulfonamides is 1. The predicted octanol–water partition coefficient (Wildman–Crippen LogP) is 5.05. The van der Waals surface area contributed by atoms with Gasteiger partial charge < -0.3 is 9.84 Å². The molecule has 1 N–H and O–H groups in total. The molecule has 1 aliphatic rings. The van der Waals surface area contributed by atoms with Crippen LogP contribution in [0.5, 0.6) is 0 Å². The van der Waals surface area contributed by atoms with Gasteiger partial charge in [-0.15, -0.1) is 0 Å². The third kappa shape index (κ3) is 6.39. The number of carbonyl (C=O) groups is 1. The molecule has 3 aromatic rings. The molecule has 8 nitrogen and oxygen atoms in total. The van der Waals surface area contributed by atoms with Gasteiger partial charge in [-0.05, 0) is 49.6 Å². The van der Waals surface area contributed by atoms with Crippen molar-refractivity contribution in [2.75, 3.05) is 11.9 Å². The smallest absolute Gasteiger partial charge is 0.243 e. The SMILES string of the molecule is Cc1ccc(S(=O)(=O)N(CC(=O)Nc2ccc(Cc3noc(C(C)C)n3)cc2)C2CCCCC2)cc1. The Morgan fingerprint density at radius 3 is 2.33 bits per heavy atom. The molecule has 36 heavy (non-hydrogen) atoms. The molecule has 1 aromatic heterocycles. The average molecular weight is 511 g/mol. The molecule has 4 rings (SSSR count). The van der Waals surface area contributed by atoms with Gasteiger partial charge in [0.05, 0.1) is 11.4 Å². The molecule has 0 unspecified atom stereocenters. The number of nitrogens with zero attached hydrogens (tertiary/aromatic N) is 3. The van der Waals surface area contributed by atoms with Crippen LogP contribution in [0.25, 0.3) is 0 Å². The van der Waals surface area contributed by atoms with E-state index in [0.717, 1.165) is 43.2 Å². The van der Waals surface area contributed by atoms with Crippen molar-refractivity contribution >= 4 is 21.6 Å². The maximum Gasteiger partial charge on any atom is 0.243 e. The van der Waals surface area contributed by atoms with Gasteiger partial charge in [-0.2, -0.15) is 9.29 Å². The van der Waals surface area contributed by atoms with Crippen molar-refractivity contribution in [2.24, 2.45) is 0 Å². The van der Waals surface area contributed by atoms with Crippen LogP contribution in [-0.2, 0) is 21.2 Å². The molecule has 1 saturated carbocycles. The van der Waals surface area contributed by atoms with E-state index in [0.29, 0.717) is 23.8 Å². The summed E-state index contributed by atoms with van der Waals surface area (Å²) in [4.78, 5) is 17.6. The van der Waals surface area contributed by atoms with Gasteiger partial charge in [0.15, 0.2) is 5.82 Å². The van der Waals surface area contributed by atoms with E-state index in [4.69, 9.17) is 4.52 Å². The number of benzene rings is 2. The summed E-state index contributed by atoms with van der Waals surface area (Å²) in [5.41, 5.74) is 2.57. The highest BCUT2D eigenvalue weighted by Crippen LogP contribution is 2.28. The Morgan fingerprint density at radius 2 is 1.72 bits per heavy atom. The summed E-state index contributed by atoms with van der Waals surface area (Å²) < 4.78 is 33.7. The molecule has 1 fully saturated rings. The molecular weight excluding hydrogens is 476 g/mol. The molecule has 192 valence electrons. The Bertz CT molecular complexity index is 1260. The summed E-state index contributed by atoms with van der Waals surface area (Å²) in [5.74, 6) is 1.03. The number of anilines is 1. The molecular formula is C27H34N4O4S. The molecule has 0 spiro atoms. The number of aromatic nitrogens is 2. The molecule has 1 aliphatic carbocycles. The number of hydrogen-bond acceptors (Lipinski definition) is 6. The van der Waals surface area contributed by atoms with E-state index < -0.39 is 10.0 Å². The fourth-order valence-corrected chi connectivity index (χ4v) is 6.07. The molecule has 0 aliphatic heterocycles. The number of rotatable bonds is 9. The minimum absolute atomic E-state index is 0.173. The third-order valence-corrected chi connectivity index (χ3v) is 8.40. The van der Waals surface area contributed by atoms with E-state index in [1.165, 1.54) is 4.31 Å². The lowest BCUT2D eigenvalue weighted by Gasteiger charge is -2.33. The Kier molecular flexibility index (Phi) is 8.21. The Labute approximate surface area is 213 Å². The fourth-order valence-electron chi connectivity index (χ4n) is 4.43. The lowest BCUT2D eigenvalue weighted by molar-refractivity contribution is -0.116. The quantitative estimate of drug-likeness (QED) is 0.432. The summed E-state index contributed by atoms with van der Waals surface area (Å²) in [5, 5.41) is 6.87. The molecule has 0 bridgehead atoms. The number of carbonyl (C=O) groups excluding carboxylic acids is 1. The Balaban J connectivity index is 1.44. The van der Waals surface area contributed by atoms with Crippen LogP contribution in [0.4, 0.5) is 5.69 Å². The number of nitrogens with one attached hydrogen (secondary N) is 1. The van der Waals surface area contributed by atoms with Crippen molar-refractivity contribution in [2.45, 2.75) is 76.2 Å². The molecule has 2 aromatic carbocycles. The van der Waals surface area contributed by atoms with Crippen LogP contribution in [0.2, 0.25) is 0 Å². The summed E-state index contributed by atoms with van der Waals surface area (Å²) in [6.07, 6.45) is 5.08. The Hall–Kier alpha value is -3.04. The van der Waals surface area contributed by atoms with Crippen LogP contribution in [0.1, 0.15) is 74.7 Å². The lowest BCUT2D eigenvalue weighted by atomic mass is 9.95. The van der Waals surface area contributed by atoms with Crippen LogP contribution in [0.15, 0.2) is 57.9 Å². The summed E-state index contributed by atoms with van der Waals surface area (Å²) in [6, 6.07) is 14.0. The molecule has 0 atom stereocenters. The van der Waals surface area contributed by atoms with Gasteiger partial charge in [0.25, 0.3) is 0 Å². The molecule has 0 radical (unpaired) electrons. The van der Waals surface area contributed by atoms with E-state index in [-0.39, 0.29) is 29.3 Å². The summed E-state index contributed by atoms with van der Waals surface area (Å²) in [7, 11) is -3.80. The van der Waals surface area contributed by atoms with Gasteiger partial charge in [0.1, 0.15) is 0 Å². The van der Waals surface area contributed by atoms with Crippen LogP contribution >= 0.6 is 0 Å². The normalized spacial score (nSPS) is 14.9. The van der Waals surface area contributed by atoms with Crippen molar-refractivity contribution in [3.05, 3.63) is 71.4 Å². The highest BCUT2D eigenvalue weighted by Gasteiger charge is 2.34. The van der Waals surface area contributed by atoms with E-state index in [2.05, 4.69) is 15.5 Å². The van der Waals surface area contributed by atoms with Gasteiger partial charge in [0.2, 0.25) is 21.8 Å². The van der Waals surface area contributed by atoms with E-state index in [9.17, 15) is 13.2 Å². The highest BCUT2D eigenvalue weighted by atomic mass is 32.2. The van der Waals surface area contributed by atoms with Gasteiger partial charge in [-0.1, -0.05) is 68.1 Å². The molecule has 0 saturated heterocycles. The highest BCUT2D eigenvalue weighted by molar-refractivity contribution is 7.89. The van der Waals surface area contributed by atoms with Crippen LogP contribution in [0.3, 0.4) is 0 Å². The Morgan fingerprint density at radius 1 is 1.06 bits per heavy atom. The van der Waals surface area contributed by atoms with Crippen molar-refractivity contribution in [1.82, 2.24) is 14.4 Å². The minimum Gasteiger partial charge on any atom is -0.339 e. The van der Waals surface area contributed by atoms with E-state index in [1.807, 2.05) is 32.9 Å². The largest absolute Gasteiger partial charge is 0.339 e. The van der Waals surface area contributed by atoms with Gasteiger partial charge in [0, 0.05) is 24.1 Å². The zero-order chi connectivity index (χ0) is 25.7. The third-order valence-electron chi connectivity index (χ3n) is 6.49. The number of aryl methyl sites for hydroxylation is 1. The van der Waals surface area contributed by atoms with E-state index in [1.54, 1.807) is 36.4 Å². The van der Waals surface area contributed by atoms with Crippen molar-refractivity contribution in [3.63, 3.8) is 0 Å². The zero-order valence-corrected chi connectivity index (χ0v) is 21.9. The van der Waals surface area contributed by atoms with Crippen LogP contribution in [0, 0.1) is 6.92 Å². The van der Waals surface area contributed by atoms with Gasteiger partial charge in [-0.25, -0.2) is 8.42 Å². The fraction of sp³-hybridized carbons (Fsp3) is 0.444. The lowest BCUT2D eigenvalue weighted by Crippen LogP contribution is -2.45. The van der Waals surface area contributed by atoms with Gasteiger partial charge in [-0.3, -0.25) is 4.79 Å². The number of hydrogen-bond donors (Lipinski definition) is 1. The molecule has 9 heteroatoms. The molecule has 1 amide bonds. The van der Waals surface area contributed by atoms with Crippen molar-refractivity contribution in [1.29, 1.82) is 0 Å². The zero-order valence-electron chi connectivity index (χ0n) is 21.1. The first-order chi connectivity index (χ1) is 17.2. The first-order valence-corrected chi connectivity index (χ1v) is 14.0. The van der Waals surface area contributed by atoms with Crippen LogP contribution in [-0.4, -0.2) is 41.4 Å². The summed E-state index contributed by atoms with van der Waals surface area (Å²) >= 11 is 0. The monoisotopic (exact) mass is 510 g/mol. The second kappa shape index (κ2) is 11.3. The maximum atomic E-state index is 13.5.